The molecule has 1 atom stereocenters. The van der Waals surface area contributed by atoms with Gasteiger partial charge in [-0.25, -0.2) is 0 Å². The van der Waals surface area contributed by atoms with Gasteiger partial charge < -0.3 is 5.32 Å². The largest absolute Gasteiger partial charge is 0.385 e. The van der Waals surface area contributed by atoms with Gasteiger partial charge in [-0.2, -0.15) is 0 Å². The molecule has 1 heteroatoms. The average molecular weight is 237 g/mol. The summed E-state index contributed by atoms with van der Waals surface area (Å²) >= 11 is 0. The second-order valence-corrected chi connectivity index (χ2v) is 5.19. The first-order valence-corrected chi connectivity index (χ1v) is 6.71. The molecule has 3 rings (SSSR count). The van der Waals surface area contributed by atoms with Crippen molar-refractivity contribution in [3.8, 4) is 0 Å². The van der Waals surface area contributed by atoms with E-state index < -0.39 is 0 Å². The molecule has 1 heterocycles. The molecule has 0 amide bonds. The number of hydrogen-bond acceptors (Lipinski definition) is 1. The molecular weight excluding hydrogens is 218 g/mol. The standard InChI is InChI=1S/C17H19N/c1-13-6-8-14(9-7-13)12-15-10-11-18-17-5-3-2-4-16(15)17/h2-9,15,18H,10-12H2,1H3. The molecule has 0 aliphatic carbocycles. The van der Waals surface area contributed by atoms with E-state index in [9.17, 15) is 0 Å². The molecule has 0 spiro atoms. The molecular formula is C17H19N. The summed E-state index contributed by atoms with van der Waals surface area (Å²) < 4.78 is 0. The van der Waals surface area contributed by atoms with Crippen molar-refractivity contribution in [3.63, 3.8) is 0 Å². The van der Waals surface area contributed by atoms with Crippen LogP contribution in [0.15, 0.2) is 48.5 Å². The van der Waals surface area contributed by atoms with Gasteiger partial charge in [0.2, 0.25) is 0 Å². The maximum Gasteiger partial charge on any atom is 0.0375 e. The second kappa shape index (κ2) is 4.85. The van der Waals surface area contributed by atoms with E-state index in [1.807, 2.05) is 0 Å². The third-order valence-electron chi connectivity index (χ3n) is 3.81. The number of fused-ring (bicyclic) bond motifs is 1. The average Bonchev–Trinajstić information content (AvgIpc) is 2.42. The SMILES string of the molecule is Cc1ccc(CC2CCNc3ccccc32)cc1. The molecule has 1 aliphatic rings. The van der Waals surface area contributed by atoms with Crippen LogP contribution in [0.1, 0.15) is 29.0 Å². The number of hydrogen-bond donors (Lipinski definition) is 1. The Balaban J connectivity index is 1.84. The molecule has 0 fully saturated rings. The van der Waals surface area contributed by atoms with Crippen LogP contribution >= 0.6 is 0 Å². The summed E-state index contributed by atoms with van der Waals surface area (Å²) in [5, 5.41) is 3.49. The van der Waals surface area contributed by atoms with Crippen LogP contribution in [0.4, 0.5) is 5.69 Å². The lowest BCUT2D eigenvalue weighted by molar-refractivity contribution is 0.624. The van der Waals surface area contributed by atoms with E-state index in [1.165, 1.54) is 28.8 Å². The highest BCUT2D eigenvalue weighted by molar-refractivity contribution is 5.55. The molecule has 92 valence electrons. The fourth-order valence-electron chi connectivity index (χ4n) is 2.77. The number of nitrogens with one attached hydrogen (secondary N) is 1. The van der Waals surface area contributed by atoms with E-state index in [0.29, 0.717) is 5.92 Å². The van der Waals surface area contributed by atoms with Crippen molar-refractivity contribution in [2.45, 2.75) is 25.7 Å². The Hall–Kier alpha value is -1.76. The lowest BCUT2D eigenvalue weighted by Crippen LogP contribution is -2.18. The van der Waals surface area contributed by atoms with Crippen LogP contribution in [0.5, 0.6) is 0 Å². The first-order valence-electron chi connectivity index (χ1n) is 6.71. The summed E-state index contributed by atoms with van der Waals surface area (Å²) in [4.78, 5) is 0. The molecule has 18 heavy (non-hydrogen) atoms. The fourth-order valence-corrected chi connectivity index (χ4v) is 2.77. The summed E-state index contributed by atoms with van der Waals surface area (Å²) in [5.41, 5.74) is 5.58. The number of para-hydroxylation sites is 1. The zero-order chi connectivity index (χ0) is 12.4. The predicted octanol–water partition coefficient (Wildman–Crippen LogP) is 4.14. The van der Waals surface area contributed by atoms with E-state index in [4.69, 9.17) is 0 Å². The van der Waals surface area contributed by atoms with Crippen LogP contribution in [-0.2, 0) is 6.42 Å². The van der Waals surface area contributed by atoms with Gasteiger partial charge in [-0.05, 0) is 42.9 Å². The van der Waals surface area contributed by atoms with Gasteiger partial charge in [0.1, 0.15) is 0 Å². The number of rotatable bonds is 2. The molecule has 0 aromatic heterocycles. The van der Waals surface area contributed by atoms with Gasteiger partial charge in [0, 0.05) is 12.2 Å². The van der Waals surface area contributed by atoms with Crippen molar-refractivity contribution >= 4 is 5.69 Å². The van der Waals surface area contributed by atoms with Gasteiger partial charge in [-0.1, -0.05) is 48.0 Å². The lowest BCUT2D eigenvalue weighted by atomic mass is 9.86. The number of anilines is 1. The highest BCUT2D eigenvalue weighted by atomic mass is 14.9. The Bertz CT molecular complexity index is 528. The van der Waals surface area contributed by atoms with E-state index in [2.05, 4.69) is 60.8 Å². The fraction of sp³-hybridized carbons (Fsp3) is 0.294. The topological polar surface area (TPSA) is 12.0 Å². The maximum absolute atomic E-state index is 3.49. The predicted molar refractivity (Wildman–Crippen MR) is 77.2 cm³/mol. The van der Waals surface area contributed by atoms with E-state index in [1.54, 1.807) is 0 Å². The van der Waals surface area contributed by atoms with Crippen molar-refractivity contribution < 1.29 is 0 Å². The molecule has 1 unspecified atom stereocenters. The molecule has 0 saturated carbocycles. The Labute approximate surface area is 109 Å². The Morgan fingerprint density at radius 3 is 2.67 bits per heavy atom. The minimum Gasteiger partial charge on any atom is -0.385 e. The third-order valence-corrected chi connectivity index (χ3v) is 3.81. The van der Waals surface area contributed by atoms with Crippen LogP contribution in [0.25, 0.3) is 0 Å². The van der Waals surface area contributed by atoms with Gasteiger partial charge in [-0.3, -0.25) is 0 Å². The van der Waals surface area contributed by atoms with E-state index in [-0.39, 0.29) is 0 Å². The van der Waals surface area contributed by atoms with E-state index >= 15 is 0 Å². The van der Waals surface area contributed by atoms with Gasteiger partial charge in [-0.15, -0.1) is 0 Å². The Morgan fingerprint density at radius 2 is 1.83 bits per heavy atom. The smallest absolute Gasteiger partial charge is 0.0375 e. The summed E-state index contributed by atoms with van der Waals surface area (Å²) in [7, 11) is 0. The molecule has 2 aromatic carbocycles. The van der Waals surface area contributed by atoms with E-state index in [0.717, 1.165) is 13.0 Å². The van der Waals surface area contributed by atoms with Crippen LogP contribution < -0.4 is 5.32 Å². The molecule has 1 nitrogen and oxygen atoms in total. The van der Waals surface area contributed by atoms with Gasteiger partial charge in [0.25, 0.3) is 0 Å². The van der Waals surface area contributed by atoms with Crippen LogP contribution in [0, 0.1) is 6.92 Å². The maximum atomic E-state index is 3.49. The van der Waals surface area contributed by atoms with Crippen LogP contribution in [0.2, 0.25) is 0 Å². The third kappa shape index (κ3) is 2.26. The number of aryl methyl sites for hydroxylation is 1. The molecule has 0 bridgehead atoms. The molecule has 1 N–H and O–H groups in total. The Morgan fingerprint density at radius 1 is 1.06 bits per heavy atom. The monoisotopic (exact) mass is 237 g/mol. The van der Waals surface area contributed by atoms with Crippen molar-refractivity contribution in [2.24, 2.45) is 0 Å². The first kappa shape index (κ1) is 11.3. The summed E-state index contributed by atoms with van der Waals surface area (Å²) in [6.45, 7) is 3.23. The quantitative estimate of drug-likeness (QED) is 0.828. The van der Waals surface area contributed by atoms with Gasteiger partial charge in [0.05, 0.1) is 0 Å². The van der Waals surface area contributed by atoms with Crippen molar-refractivity contribution in [1.29, 1.82) is 0 Å². The van der Waals surface area contributed by atoms with Crippen LogP contribution in [-0.4, -0.2) is 6.54 Å². The van der Waals surface area contributed by atoms with Crippen LogP contribution in [0.3, 0.4) is 0 Å². The summed E-state index contributed by atoms with van der Waals surface area (Å²) in [5.74, 6) is 0.658. The first-order chi connectivity index (χ1) is 8.83. The van der Waals surface area contributed by atoms with Gasteiger partial charge >= 0.3 is 0 Å². The second-order valence-electron chi connectivity index (χ2n) is 5.19. The molecule has 0 radical (unpaired) electrons. The van der Waals surface area contributed by atoms with Gasteiger partial charge in [0.15, 0.2) is 0 Å². The summed E-state index contributed by atoms with van der Waals surface area (Å²) in [6, 6.07) is 17.7. The van der Waals surface area contributed by atoms with Crippen molar-refractivity contribution in [2.75, 3.05) is 11.9 Å². The minimum absolute atomic E-state index is 0.658. The molecule has 2 aromatic rings. The molecule has 0 saturated heterocycles. The normalized spacial score (nSPS) is 17.9. The lowest BCUT2D eigenvalue weighted by Gasteiger charge is -2.26. The highest BCUT2D eigenvalue weighted by Gasteiger charge is 2.19. The number of benzene rings is 2. The van der Waals surface area contributed by atoms with Crippen molar-refractivity contribution in [1.82, 2.24) is 0 Å². The Kier molecular flexibility index (Phi) is 3.06. The summed E-state index contributed by atoms with van der Waals surface area (Å²) in [6.07, 6.45) is 2.38. The molecule has 1 aliphatic heterocycles. The minimum atomic E-state index is 0.658. The van der Waals surface area contributed by atoms with Crippen molar-refractivity contribution in [3.05, 3.63) is 65.2 Å². The zero-order valence-electron chi connectivity index (χ0n) is 10.8. The zero-order valence-corrected chi connectivity index (χ0v) is 10.8. The highest BCUT2D eigenvalue weighted by Crippen LogP contribution is 2.33.